The number of nitrogens with zero attached hydrogens (tertiary/aromatic N) is 2. The Bertz CT molecular complexity index is 639. The molecule has 3 rings (SSSR count). The molecule has 1 saturated carbocycles. The van der Waals surface area contributed by atoms with E-state index in [0.29, 0.717) is 11.7 Å². The minimum absolute atomic E-state index is 0.479. The summed E-state index contributed by atoms with van der Waals surface area (Å²) in [4.78, 5) is 8.98. The molecule has 0 bridgehead atoms. The number of aromatic nitrogens is 2. The van der Waals surface area contributed by atoms with Gasteiger partial charge in [0.2, 0.25) is 0 Å². The van der Waals surface area contributed by atoms with Gasteiger partial charge >= 0.3 is 0 Å². The van der Waals surface area contributed by atoms with Gasteiger partial charge in [0.15, 0.2) is 0 Å². The Morgan fingerprint density at radius 2 is 1.95 bits per heavy atom. The third kappa shape index (κ3) is 2.91. The summed E-state index contributed by atoms with van der Waals surface area (Å²) in [6, 6.07) is 7.91. The van der Waals surface area contributed by atoms with Gasteiger partial charge in [0, 0.05) is 22.1 Å². The van der Waals surface area contributed by atoms with E-state index in [1.807, 2.05) is 18.2 Å². The highest BCUT2D eigenvalue weighted by atomic mass is 79.9. The normalized spacial score (nSPS) is 14.2. The molecule has 104 valence electrons. The summed E-state index contributed by atoms with van der Waals surface area (Å²) in [6.45, 7) is 2.06. The van der Waals surface area contributed by atoms with Gasteiger partial charge < -0.3 is 10.7 Å². The molecular formula is C14H16BrN5. The zero-order valence-corrected chi connectivity index (χ0v) is 12.7. The molecule has 1 heterocycles. The van der Waals surface area contributed by atoms with E-state index in [4.69, 9.17) is 5.84 Å². The van der Waals surface area contributed by atoms with E-state index in [0.717, 1.165) is 40.2 Å². The SMILES string of the molecule is Cc1ccc(Br)cc1Nc1cc(NN)nc(C2CC2)n1. The van der Waals surface area contributed by atoms with E-state index in [9.17, 15) is 0 Å². The Balaban J connectivity index is 1.93. The van der Waals surface area contributed by atoms with Crippen molar-refractivity contribution in [2.45, 2.75) is 25.7 Å². The average molecular weight is 334 g/mol. The molecule has 1 aliphatic carbocycles. The molecule has 1 aromatic heterocycles. The Kier molecular flexibility index (Phi) is 3.58. The molecule has 0 unspecified atom stereocenters. The standard InChI is InChI=1S/C14H16BrN5/c1-8-2-5-10(15)6-11(8)17-12-7-13(20-16)19-14(18-12)9-3-4-9/h2,5-7,9H,3-4,16H2,1H3,(H2,17,18,19,20). The summed E-state index contributed by atoms with van der Waals surface area (Å²) in [6.07, 6.45) is 2.31. The molecule has 0 atom stereocenters. The molecule has 0 radical (unpaired) electrons. The quantitative estimate of drug-likeness (QED) is 0.590. The number of hydrazine groups is 1. The predicted molar refractivity (Wildman–Crippen MR) is 84.0 cm³/mol. The number of halogens is 1. The molecule has 1 fully saturated rings. The highest BCUT2D eigenvalue weighted by molar-refractivity contribution is 9.10. The van der Waals surface area contributed by atoms with Gasteiger partial charge in [0.05, 0.1) is 0 Å². The van der Waals surface area contributed by atoms with Crippen LogP contribution in [-0.4, -0.2) is 9.97 Å². The summed E-state index contributed by atoms with van der Waals surface area (Å²) in [5.74, 6) is 8.21. The van der Waals surface area contributed by atoms with Gasteiger partial charge in [-0.3, -0.25) is 0 Å². The van der Waals surface area contributed by atoms with Crippen LogP contribution in [0, 0.1) is 6.92 Å². The molecule has 0 spiro atoms. The van der Waals surface area contributed by atoms with Crippen LogP contribution in [0.3, 0.4) is 0 Å². The molecule has 1 aliphatic rings. The highest BCUT2D eigenvalue weighted by Gasteiger charge is 2.27. The number of nitrogens with two attached hydrogens (primary N) is 1. The molecule has 5 nitrogen and oxygen atoms in total. The van der Waals surface area contributed by atoms with E-state index in [1.165, 1.54) is 0 Å². The highest BCUT2D eigenvalue weighted by Crippen LogP contribution is 2.39. The van der Waals surface area contributed by atoms with Crippen molar-refractivity contribution in [3.8, 4) is 0 Å². The Labute approximate surface area is 126 Å². The molecular weight excluding hydrogens is 318 g/mol. The van der Waals surface area contributed by atoms with E-state index in [-0.39, 0.29) is 0 Å². The van der Waals surface area contributed by atoms with E-state index in [2.05, 4.69) is 49.6 Å². The second-order valence-electron chi connectivity index (χ2n) is 5.00. The van der Waals surface area contributed by atoms with Crippen molar-refractivity contribution >= 4 is 33.3 Å². The zero-order valence-electron chi connectivity index (χ0n) is 11.2. The van der Waals surface area contributed by atoms with Gasteiger partial charge in [-0.2, -0.15) is 0 Å². The number of hydrogen-bond acceptors (Lipinski definition) is 5. The van der Waals surface area contributed by atoms with E-state index in [1.54, 1.807) is 0 Å². The molecule has 0 amide bonds. The molecule has 0 saturated heterocycles. The second kappa shape index (κ2) is 5.38. The topological polar surface area (TPSA) is 75.9 Å². The summed E-state index contributed by atoms with van der Waals surface area (Å²) >= 11 is 3.48. The van der Waals surface area contributed by atoms with Crippen LogP contribution in [0.25, 0.3) is 0 Å². The number of benzene rings is 1. The van der Waals surface area contributed by atoms with Crippen molar-refractivity contribution in [3.63, 3.8) is 0 Å². The Morgan fingerprint density at radius 1 is 1.20 bits per heavy atom. The predicted octanol–water partition coefficient (Wildman–Crippen LogP) is 3.45. The summed E-state index contributed by atoms with van der Waals surface area (Å²) in [5, 5.41) is 3.33. The number of rotatable bonds is 4. The minimum atomic E-state index is 0.479. The molecule has 0 aliphatic heterocycles. The molecule has 20 heavy (non-hydrogen) atoms. The van der Waals surface area contributed by atoms with Crippen LogP contribution in [-0.2, 0) is 0 Å². The smallest absolute Gasteiger partial charge is 0.145 e. The van der Waals surface area contributed by atoms with Crippen molar-refractivity contribution in [2.24, 2.45) is 5.84 Å². The summed E-state index contributed by atoms with van der Waals surface area (Å²) < 4.78 is 1.03. The Hall–Kier alpha value is -1.66. The van der Waals surface area contributed by atoms with Crippen molar-refractivity contribution < 1.29 is 0 Å². The van der Waals surface area contributed by atoms with Crippen LogP contribution in [0.1, 0.15) is 30.1 Å². The van der Waals surface area contributed by atoms with Gasteiger partial charge in [0.25, 0.3) is 0 Å². The van der Waals surface area contributed by atoms with Crippen LogP contribution in [0.4, 0.5) is 17.3 Å². The van der Waals surface area contributed by atoms with Crippen LogP contribution >= 0.6 is 15.9 Å². The maximum atomic E-state index is 5.48. The largest absolute Gasteiger partial charge is 0.340 e. The average Bonchev–Trinajstić information content (AvgIpc) is 3.27. The van der Waals surface area contributed by atoms with Gasteiger partial charge in [-0.15, -0.1) is 0 Å². The van der Waals surface area contributed by atoms with Crippen molar-refractivity contribution in [1.82, 2.24) is 9.97 Å². The third-order valence-corrected chi connectivity index (χ3v) is 3.79. The maximum absolute atomic E-state index is 5.48. The molecule has 1 aromatic carbocycles. The monoisotopic (exact) mass is 333 g/mol. The maximum Gasteiger partial charge on any atom is 0.145 e. The summed E-state index contributed by atoms with van der Waals surface area (Å²) in [5.41, 5.74) is 4.77. The number of aryl methyl sites for hydroxylation is 1. The van der Waals surface area contributed by atoms with Crippen LogP contribution in [0.2, 0.25) is 0 Å². The lowest BCUT2D eigenvalue weighted by molar-refractivity contribution is 0.929. The lowest BCUT2D eigenvalue weighted by Gasteiger charge is -2.11. The first kappa shape index (κ1) is 13.3. The van der Waals surface area contributed by atoms with Gasteiger partial charge in [0.1, 0.15) is 17.5 Å². The first-order valence-corrected chi connectivity index (χ1v) is 7.34. The first-order chi connectivity index (χ1) is 9.65. The second-order valence-corrected chi connectivity index (χ2v) is 5.92. The number of hydrogen-bond donors (Lipinski definition) is 3. The summed E-state index contributed by atoms with van der Waals surface area (Å²) in [7, 11) is 0. The van der Waals surface area contributed by atoms with Gasteiger partial charge in [-0.25, -0.2) is 15.8 Å². The third-order valence-electron chi connectivity index (χ3n) is 3.30. The van der Waals surface area contributed by atoms with Crippen LogP contribution < -0.4 is 16.6 Å². The lowest BCUT2D eigenvalue weighted by Crippen LogP contribution is -2.11. The number of nitrogens with one attached hydrogen (secondary N) is 2. The van der Waals surface area contributed by atoms with Crippen molar-refractivity contribution in [3.05, 3.63) is 40.1 Å². The molecule has 2 aromatic rings. The van der Waals surface area contributed by atoms with Crippen molar-refractivity contribution in [1.29, 1.82) is 0 Å². The fourth-order valence-electron chi connectivity index (χ4n) is 1.99. The fraction of sp³-hybridized carbons (Fsp3) is 0.286. The zero-order chi connectivity index (χ0) is 14.1. The van der Waals surface area contributed by atoms with Crippen LogP contribution in [0.5, 0.6) is 0 Å². The minimum Gasteiger partial charge on any atom is -0.340 e. The van der Waals surface area contributed by atoms with Gasteiger partial charge in [-0.05, 0) is 37.5 Å². The molecule has 4 N–H and O–H groups in total. The van der Waals surface area contributed by atoms with Crippen LogP contribution in [0.15, 0.2) is 28.7 Å². The molecule has 6 heteroatoms. The number of anilines is 3. The van der Waals surface area contributed by atoms with Crippen molar-refractivity contribution in [2.75, 3.05) is 10.7 Å². The van der Waals surface area contributed by atoms with E-state index < -0.39 is 0 Å². The lowest BCUT2D eigenvalue weighted by atomic mass is 10.2. The van der Waals surface area contributed by atoms with E-state index >= 15 is 0 Å². The number of nitrogen functional groups attached to an aromatic ring is 1. The van der Waals surface area contributed by atoms with Gasteiger partial charge in [-0.1, -0.05) is 22.0 Å². The first-order valence-electron chi connectivity index (χ1n) is 6.54. The Morgan fingerprint density at radius 3 is 2.65 bits per heavy atom. The fourth-order valence-corrected chi connectivity index (χ4v) is 2.36.